The average molecular weight is 365 g/mol. The lowest BCUT2D eigenvalue weighted by atomic mass is 9.94. The van der Waals surface area contributed by atoms with Gasteiger partial charge in [0.2, 0.25) is 0 Å². The fourth-order valence-corrected chi connectivity index (χ4v) is 3.59. The van der Waals surface area contributed by atoms with Gasteiger partial charge < -0.3 is 14.7 Å². The average Bonchev–Trinajstić information content (AvgIpc) is 2.81. The van der Waals surface area contributed by atoms with Crippen LogP contribution in [0.2, 0.25) is 0 Å². The minimum atomic E-state index is -0.881. The van der Waals surface area contributed by atoms with E-state index < -0.39 is 5.97 Å². The van der Waals surface area contributed by atoms with Gasteiger partial charge in [-0.3, -0.25) is 0 Å². The number of carboxylic acids is 1. The number of rotatable bonds is 8. The van der Waals surface area contributed by atoms with Gasteiger partial charge in [0.05, 0.1) is 12.6 Å². The minimum absolute atomic E-state index is 0.0402. The van der Waals surface area contributed by atoms with Crippen molar-refractivity contribution in [1.29, 1.82) is 0 Å². The van der Waals surface area contributed by atoms with Gasteiger partial charge in [0.25, 0.3) is 0 Å². The molecular formula is C23H27NO3. The number of nitrogens with zero attached hydrogens (tertiary/aromatic N) is 1. The summed E-state index contributed by atoms with van der Waals surface area (Å²) in [4.78, 5) is 14.1. The van der Waals surface area contributed by atoms with E-state index in [1.807, 2.05) is 53.5 Å². The summed E-state index contributed by atoms with van der Waals surface area (Å²) in [5.41, 5.74) is 3.13. The monoisotopic (exact) mass is 365 g/mol. The minimum Gasteiger partial charge on any atom is -0.494 e. The molecule has 1 unspecified atom stereocenters. The molecule has 0 radical (unpaired) electrons. The smallest absolute Gasteiger partial charge is 0.352 e. The topological polar surface area (TPSA) is 49.8 Å². The summed E-state index contributed by atoms with van der Waals surface area (Å²) in [6.45, 7) is 5.61. The summed E-state index contributed by atoms with van der Waals surface area (Å²) in [6.07, 6.45) is 13.1. The fourth-order valence-electron chi connectivity index (χ4n) is 3.59. The Morgan fingerprint density at radius 2 is 1.89 bits per heavy atom. The van der Waals surface area contributed by atoms with Crippen LogP contribution in [0, 0.1) is 0 Å². The first kappa shape index (κ1) is 19.0. The molecule has 4 heteroatoms. The first-order chi connectivity index (χ1) is 13.2. The number of fused-ring (bicyclic) bond motifs is 1. The molecule has 1 heterocycles. The maximum Gasteiger partial charge on any atom is 0.352 e. The Morgan fingerprint density at radius 1 is 1.11 bits per heavy atom. The summed E-state index contributed by atoms with van der Waals surface area (Å²) in [5.74, 6) is -0.0626. The van der Waals surface area contributed by atoms with Crippen molar-refractivity contribution in [3.63, 3.8) is 0 Å². The van der Waals surface area contributed by atoms with Crippen molar-refractivity contribution in [1.82, 2.24) is 4.90 Å². The molecule has 0 amide bonds. The van der Waals surface area contributed by atoms with Crippen LogP contribution in [0.3, 0.4) is 0 Å². The second kappa shape index (κ2) is 8.76. The molecule has 1 N–H and O–H groups in total. The van der Waals surface area contributed by atoms with Crippen LogP contribution in [0.1, 0.15) is 38.7 Å². The molecular weight excluding hydrogens is 338 g/mol. The van der Waals surface area contributed by atoms with Crippen LogP contribution < -0.4 is 4.74 Å². The van der Waals surface area contributed by atoms with E-state index in [4.69, 9.17) is 4.74 Å². The normalized spacial score (nSPS) is 18.4. The number of allylic oxidation sites excluding steroid dienone is 4. The van der Waals surface area contributed by atoms with Gasteiger partial charge in [-0.2, -0.15) is 0 Å². The van der Waals surface area contributed by atoms with Crippen LogP contribution >= 0.6 is 0 Å². The highest BCUT2D eigenvalue weighted by molar-refractivity contribution is 6.03. The maximum absolute atomic E-state index is 12.1. The highest BCUT2D eigenvalue weighted by atomic mass is 16.5. The predicted octanol–water partition coefficient (Wildman–Crippen LogP) is 4.81. The number of hydrogen-bond donors (Lipinski definition) is 1. The molecule has 4 nitrogen and oxygen atoms in total. The number of ether oxygens (including phenoxy) is 1. The number of carboxylic acid groups (broad SMARTS) is 1. The predicted molar refractivity (Wildman–Crippen MR) is 109 cm³/mol. The van der Waals surface area contributed by atoms with Crippen molar-refractivity contribution < 1.29 is 14.6 Å². The molecule has 0 bridgehead atoms. The van der Waals surface area contributed by atoms with E-state index in [2.05, 4.69) is 19.9 Å². The van der Waals surface area contributed by atoms with Crippen LogP contribution in [0.15, 0.2) is 65.9 Å². The van der Waals surface area contributed by atoms with E-state index in [1.165, 1.54) is 0 Å². The van der Waals surface area contributed by atoms with Gasteiger partial charge in [0, 0.05) is 12.1 Å². The van der Waals surface area contributed by atoms with Crippen molar-refractivity contribution in [2.24, 2.45) is 0 Å². The van der Waals surface area contributed by atoms with Gasteiger partial charge in [-0.05, 0) is 36.1 Å². The second-order valence-corrected chi connectivity index (χ2v) is 6.79. The zero-order valence-electron chi connectivity index (χ0n) is 16.0. The van der Waals surface area contributed by atoms with Gasteiger partial charge >= 0.3 is 5.97 Å². The molecule has 0 fully saturated rings. The van der Waals surface area contributed by atoms with Gasteiger partial charge in [0.15, 0.2) is 0 Å². The lowest BCUT2D eigenvalue weighted by molar-refractivity contribution is -0.134. The Morgan fingerprint density at radius 3 is 2.56 bits per heavy atom. The molecule has 2 aliphatic rings. The molecule has 1 aromatic carbocycles. The number of carbonyl (C=O) groups is 1. The molecule has 3 rings (SSSR count). The Labute approximate surface area is 161 Å². The van der Waals surface area contributed by atoms with E-state index in [9.17, 15) is 9.90 Å². The molecule has 0 aromatic heterocycles. The summed E-state index contributed by atoms with van der Waals surface area (Å²) in [6, 6.07) is 7.74. The van der Waals surface area contributed by atoms with Crippen LogP contribution in [0.4, 0.5) is 0 Å². The molecule has 0 saturated carbocycles. The standard InChI is InChI=1S/C23H27NO3/c1-3-5-16-27-18-13-11-17(12-14-18)21-19-9-7-6-8-10-20(19)24(15-4-2)22(21)23(25)26/h6-14,20H,3-5,15-16H2,1-2H3,(H,25,26). The van der Waals surface area contributed by atoms with Crippen LogP contribution in [0.25, 0.3) is 5.57 Å². The Balaban J connectivity index is 2.01. The highest BCUT2D eigenvalue weighted by Crippen LogP contribution is 2.41. The van der Waals surface area contributed by atoms with E-state index >= 15 is 0 Å². The zero-order valence-corrected chi connectivity index (χ0v) is 16.0. The van der Waals surface area contributed by atoms with Gasteiger partial charge in [-0.15, -0.1) is 0 Å². The molecule has 1 aliphatic carbocycles. The summed E-state index contributed by atoms with van der Waals surface area (Å²) in [7, 11) is 0. The quantitative estimate of drug-likeness (QED) is 0.672. The largest absolute Gasteiger partial charge is 0.494 e. The molecule has 0 saturated heterocycles. The Kier molecular flexibility index (Phi) is 6.17. The Bertz CT molecular complexity index is 799. The molecule has 27 heavy (non-hydrogen) atoms. The summed E-state index contributed by atoms with van der Waals surface area (Å²) >= 11 is 0. The van der Waals surface area contributed by atoms with Gasteiger partial charge in [-0.25, -0.2) is 4.79 Å². The maximum atomic E-state index is 12.1. The number of unbranched alkanes of at least 4 members (excludes halogenated alkanes) is 1. The van der Waals surface area contributed by atoms with Crippen LogP contribution in [0.5, 0.6) is 5.75 Å². The molecule has 1 aliphatic heterocycles. The number of aliphatic carboxylic acids is 1. The third-order valence-corrected chi connectivity index (χ3v) is 4.84. The summed E-state index contributed by atoms with van der Waals surface area (Å²) < 4.78 is 5.74. The number of hydrogen-bond acceptors (Lipinski definition) is 3. The van der Waals surface area contributed by atoms with Crippen molar-refractivity contribution in [2.75, 3.05) is 13.2 Å². The Hall–Kier alpha value is -2.75. The fraction of sp³-hybridized carbons (Fsp3) is 0.348. The number of benzene rings is 1. The third kappa shape index (κ3) is 4.00. The van der Waals surface area contributed by atoms with Crippen LogP contribution in [-0.4, -0.2) is 35.2 Å². The zero-order chi connectivity index (χ0) is 19.2. The second-order valence-electron chi connectivity index (χ2n) is 6.79. The van der Waals surface area contributed by atoms with E-state index in [0.717, 1.165) is 41.7 Å². The lowest BCUT2D eigenvalue weighted by Gasteiger charge is -2.25. The lowest BCUT2D eigenvalue weighted by Crippen LogP contribution is -2.32. The highest BCUT2D eigenvalue weighted by Gasteiger charge is 2.38. The first-order valence-corrected chi connectivity index (χ1v) is 9.70. The molecule has 142 valence electrons. The van der Waals surface area contributed by atoms with E-state index in [1.54, 1.807) is 0 Å². The van der Waals surface area contributed by atoms with E-state index in [0.29, 0.717) is 18.8 Å². The molecule has 0 spiro atoms. The van der Waals surface area contributed by atoms with Crippen molar-refractivity contribution in [3.8, 4) is 5.75 Å². The van der Waals surface area contributed by atoms with Crippen LogP contribution in [-0.2, 0) is 4.79 Å². The van der Waals surface area contributed by atoms with Crippen molar-refractivity contribution >= 4 is 11.5 Å². The van der Waals surface area contributed by atoms with Crippen molar-refractivity contribution in [3.05, 3.63) is 71.5 Å². The molecule has 1 atom stereocenters. The van der Waals surface area contributed by atoms with Crippen molar-refractivity contribution in [2.45, 2.75) is 39.2 Å². The third-order valence-electron chi connectivity index (χ3n) is 4.84. The molecule has 1 aromatic rings. The SMILES string of the molecule is CCCCOc1ccc(C2=C(C(=O)O)N(CCC)C3C=CC=CC=C23)cc1. The van der Waals surface area contributed by atoms with Gasteiger partial charge in [0.1, 0.15) is 11.4 Å². The van der Waals surface area contributed by atoms with E-state index in [-0.39, 0.29) is 6.04 Å². The first-order valence-electron chi connectivity index (χ1n) is 9.70. The summed E-state index contributed by atoms with van der Waals surface area (Å²) in [5, 5.41) is 9.96. The van der Waals surface area contributed by atoms with Gasteiger partial charge in [-0.1, -0.05) is 62.8 Å².